The Hall–Kier alpha value is -0.353. The molecule has 0 aromatic heterocycles. The van der Waals surface area contributed by atoms with Crippen molar-refractivity contribution < 1.29 is 14.0 Å². The first-order valence-electron chi connectivity index (χ1n) is 16.5. The fraction of sp³-hybridized carbons (Fsp3) is 0.971. The van der Waals surface area contributed by atoms with Crippen LogP contribution in [0.25, 0.3) is 0 Å². The molecule has 0 aromatic rings. The van der Waals surface area contributed by atoms with E-state index in [1.807, 2.05) is 0 Å². The van der Waals surface area contributed by atoms with Crippen molar-refractivity contribution in [1.82, 2.24) is 0 Å². The van der Waals surface area contributed by atoms with Crippen LogP contribution in [0.15, 0.2) is 0 Å². The average Bonchev–Trinajstić information content (AvgIpc) is 3.20. The number of hydrogen-bond donors (Lipinski definition) is 0. The summed E-state index contributed by atoms with van der Waals surface area (Å²) in [4.78, 5) is 11.4. The second-order valence-corrected chi connectivity index (χ2v) is 21.1. The highest BCUT2D eigenvalue weighted by Crippen LogP contribution is 2.68. The number of carbonyl (C=O) groups excluding carboxylic acids is 1. The van der Waals surface area contributed by atoms with E-state index in [4.69, 9.17) is 9.16 Å². The molecular weight excluding hydrogens is 484 g/mol. The zero-order valence-corrected chi connectivity index (χ0v) is 27.7. The molecule has 4 heteroatoms. The molecule has 9 atom stereocenters. The van der Waals surface area contributed by atoms with Gasteiger partial charge in [0.25, 0.3) is 0 Å². The van der Waals surface area contributed by atoms with E-state index in [9.17, 15) is 4.79 Å². The minimum atomic E-state index is -1.70. The summed E-state index contributed by atoms with van der Waals surface area (Å²) >= 11 is 0. The van der Waals surface area contributed by atoms with Crippen LogP contribution in [0.5, 0.6) is 0 Å². The number of methoxy groups -OCH3 is 1. The van der Waals surface area contributed by atoms with Crippen LogP contribution in [0.1, 0.15) is 131 Å². The molecular formula is C34H62O3Si. The molecule has 4 aliphatic carbocycles. The predicted molar refractivity (Wildman–Crippen MR) is 162 cm³/mol. The lowest BCUT2D eigenvalue weighted by Crippen LogP contribution is -2.55. The smallest absolute Gasteiger partial charge is 0.305 e. The van der Waals surface area contributed by atoms with Crippen molar-refractivity contribution >= 4 is 14.3 Å². The summed E-state index contributed by atoms with van der Waals surface area (Å²) in [5.41, 5.74) is 1.10. The number of hydrogen-bond acceptors (Lipinski definition) is 3. The third kappa shape index (κ3) is 5.83. The van der Waals surface area contributed by atoms with Crippen molar-refractivity contribution in [3.63, 3.8) is 0 Å². The van der Waals surface area contributed by atoms with Crippen molar-refractivity contribution in [3.05, 3.63) is 0 Å². The van der Waals surface area contributed by atoms with Crippen LogP contribution >= 0.6 is 0 Å². The quantitative estimate of drug-likeness (QED) is 0.164. The predicted octanol–water partition coefficient (Wildman–Crippen LogP) is 9.80. The highest BCUT2D eigenvalue weighted by molar-refractivity contribution is 6.74. The normalized spacial score (nSPS) is 40.1. The van der Waals surface area contributed by atoms with Crippen molar-refractivity contribution in [2.75, 3.05) is 7.11 Å². The van der Waals surface area contributed by atoms with Crippen molar-refractivity contribution in [3.8, 4) is 0 Å². The first-order valence-corrected chi connectivity index (χ1v) is 19.4. The van der Waals surface area contributed by atoms with E-state index in [1.165, 1.54) is 77.7 Å². The van der Waals surface area contributed by atoms with Crippen molar-refractivity contribution in [1.29, 1.82) is 0 Å². The standard InChI is InChI=1S/C34H62O3Si/c1-24(13-11-10-12-14-31(35)36-7)28-17-18-29-27-16-15-25-23-26(37-38(8,9)32(2,3)4)19-21-33(25,5)30(27)20-22-34(28,29)6/h24-30H,10-23H2,1-9H3/t24-,25?,26-,27+,28?,29+,30+,33+,34-/m1/s1. The highest BCUT2D eigenvalue weighted by atomic mass is 28.4. The zero-order chi connectivity index (χ0) is 27.9. The fourth-order valence-corrected chi connectivity index (χ4v) is 11.5. The molecule has 38 heavy (non-hydrogen) atoms. The maximum absolute atomic E-state index is 11.4. The number of rotatable bonds is 9. The van der Waals surface area contributed by atoms with Crippen LogP contribution in [0, 0.1) is 46.3 Å². The Balaban J connectivity index is 1.35. The lowest BCUT2D eigenvalue weighted by molar-refractivity contribution is -0.140. The Morgan fingerprint density at radius 2 is 1.61 bits per heavy atom. The number of esters is 1. The maximum Gasteiger partial charge on any atom is 0.305 e. The third-order valence-electron chi connectivity index (χ3n) is 13.4. The third-order valence-corrected chi connectivity index (χ3v) is 17.9. The number of unbranched alkanes of at least 4 members (excludes halogenated alkanes) is 2. The molecule has 0 saturated heterocycles. The molecule has 3 nitrogen and oxygen atoms in total. The molecule has 0 heterocycles. The van der Waals surface area contributed by atoms with Gasteiger partial charge in [-0.25, -0.2) is 0 Å². The van der Waals surface area contributed by atoms with Crippen molar-refractivity contribution in [2.24, 2.45) is 46.3 Å². The highest BCUT2D eigenvalue weighted by Gasteiger charge is 2.60. The molecule has 0 radical (unpaired) electrons. The van der Waals surface area contributed by atoms with Crippen LogP contribution in [-0.2, 0) is 14.0 Å². The van der Waals surface area contributed by atoms with Gasteiger partial charge in [-0.3, -0.25) is 4.79 Å². The van der Waals surface area contributed by atoms with Gasteiger partial charge in [-0.15, -0.1) is 0 Å². The Morgan fingerprint density at radius 3 is 2.29 bits per heavy atom. The first-order chi connectivity index (χ1) is 17.7. The molecule has 4 rings (SSSR count). The lowest BCUT2D eigenvalue weighted by atomic mass is 9.44. The van der Waals surface area contributed by atoms with Crippen LogP contribution < -0.4 is 0 Å². The maximum atomic E-state index is 11.4. The summed E-state index contributed by atoms with van der Waals surface area (Å²) in [6.07, 6.45) is 18.6. The van der Waals surface area contributed by atoms with Gasteiger partial charge in [0.1, 0.15) is 0 Å². The van der Waals surface area contributed by atoms with Gasteiger partial charge in [0.15, 0.2) is 8.32 Å². The molecule has 4 fully saturated rings. The zero-order valence-electron chi connectivity index (χ0n) is 26.7. The topological polar surface area (TPSA) is 35.5 Å². The van der Waals surface area contributed by atoms with E-state index in [2.05, 4.69) is 54.6 Å². The van der Waals surface area contributed by atoms with Crippen molar-refractivity contribution in [2.45, 2.75) is 156 Å². The van der Waals surface area contributed by atoms with Gasteiger partial charge >= 0.3 is 5.97 Å². The SMILES string of the molecule is COC(=O)CCCCC[C@@H](C)C1CC[C@H]2[C@@H]3CCC4C[C@H](O[Si](C)(C)C(C)(C)C)CC[C@]4(C)[C@H]3CC[C@]12C. The molecule has 0 amide bonds. The van der Waals surface area contributed by atoms with Gasteiger partial charge in [-0.1, -0.05) is 60.8 Å². The Bertz CT molecular complexity index is 817. The molecule has 220 valence electrons. The van der Waals surface area contributed by atoms with Crippen LogP contribution in [0.2, 0.25) is 18.1 Å². The summed E-state index contributed by atoms with van der Waals surface area (Å²) in [6, 6.07) is 0. The molecule has 0 bridgehead atoms. The van der Waals surface area contributed by atoms with Crippen LogP contribution in [0.4, 0.5) is 0 Å². The summed E-state index contributed by atoms with van der Waals surface area (Å²) < 4.78 is 11.8. The molecule has 4 saturated carbocycles. The first kappa shape index (κ1) is 30.6. The van der Waals surface area contributed by atoms with Gasteiger partial charge in [0, 0.05) is 12.5 Å². The van der Waals surface area contributed by atoms with Crippen LogP contribution in [0.3, 0.4) is 0 Å². The molecule has 4 aliphatic rings. The molecule has 2 unspecified atom stereocenters. The van der Waals surface area contributed by atoms with Gasteiger partial charge in [-0.2, -0.15) is 0 Å². The van der Waals surface area contributed by atoms with Crippen LogP contribution in [-0.4, -0.2) is 27.5 Å². The van der Waals surface area contributed by atoms with E-state index < -0.39 is 8.32 Å². The second-order valence-electron chi connectivity index (χ2n) is 16.3. The van der Waals surface area contributed by atoms with Gasteiger partial charge < -0.3 is 9.16 Å². The second kappa shape index (κ2) is 11.5. The summed E-state index contributed by atoms with van der Waals surface area (Å²) in [5.74, 6) is 5.39. The number of fused-ring (bicyclic) bond motifs is 5. The van der Waals surface area contributed by atoms with E-state index in [1.54, 1.807) is 0 Å². The number of ether oxygens (including phenoxy) is 1. The minimum Gasteiger partial charge on any atom is -0.469 e. The van der Waals surface area contributed by atoms with E-state index in [0.717, 1.165) is 48.3 Å². The number of carbonyl (C=O) groups is 1. The molecule has 0 spiro atoms. The molecule has 0 aliphatic heterocycles. The lowest BCUT2D eigenvalue weighted by Gasteiger charge is -2.61. The summed E-state index contributed by atoms with van der Waals surface area (Å²) in [5, 5.41) is 0.304. The van der Waals surface area contributed by atoms with E-state index >= 15 is 0 Å². The van der Waals surface area contributed by atoms with E-state index in [-0.39, 0.29) is 5.97 Å². The minimum absolute atomic E-state index is 0.0546. The van der Waals surface area contributed by atoms with E-state index in [0.29, 0.717) is 28.4 Å². The average molecular weight is 547 g/mol. The molecule has 0 N–H and O–H groups in total. The molecule has 0 aromatic carbocycles. The summed E-state index contributed by atoms with van der Waals surface area (Å²) in [7, 11) is -0.197. The monoisotopic (exact) mass is 546 g/mol. The summed E-state index contributed by atoms with van der Waals surface area (Å²) in [6.45, 7) is 20.0. The Kier molecular flexibility index (Phi) is 9.26. The Labute approximate surface area is 237 Å². The fourth-order valence-electron chi connectivity index (χ4n) is 10.1. The van der Waals surface area contributed by atoms with Gasteiger partial charge in [0.05, 0.1) is 7.11 Å². The largest absolute Gasteiger partial charge is 0.469 e. The Morgan fingerprint density at radius 1 is 0.921 bits per heavy atom. The van der Waals surface area contributed by atoms with Gasteiger partial charge in [0.2, 0.25) is 0 Å². The van der Waals surface area contributed by atoms with Gasteiger partial charge in [-0.05, 0) is 129 Å².